The number of rotatable bonds is 3. The molecular formula is C11H14BrN3. The van der Waals surface area contributed by atoms with Crippen LogP contribution in [0.1, 0.15) is 49.0 Å². The highest BCUT2D eigenvalue weighted by Crippen LogP contribution is 2.46. The van der Waals surface area contributed by atoms with Crippen molar-refractivity contribution in [1.29, 1.82) is 0 Å². The number of aromatic nitrogens is 2. The molecule has 2 aliphatic carbocycles. The first-order chi connectivity index (χ1) is 7.29. The van der Waals surface area contributed by atoms with E-state index in [1.165, 1.54) is 31.4 Å². The van der Waals surface area contributed by atoms with Crippen LogP contribution in [-0.2, 0) is 0 Å². The molecule has 0 unspecified atom stereocenters. The van der Waals surface area contributed by atoms with E-state index in [1.807, 2.05) is 7.05 Å². The van der Waals surface area contributed by atoms with Crippen LogP contribution in [0.2, 0.25) is 0 Å². The number of halogens is 1. The maximum absolute atomic E-state index is 4.71. The van der Waals surface area contributed by atoms with E-state index < -0.39 is 0 Å². The number of nitrogens with one attached hydrogen (secondary N) is 1. The summed E-state index contributed by atoms with van der Waals surface area (Å²) < 4.78 is 1.07. The molecular weight excluding hydrogens is 254 g/mol. The van der Waals surface area contributed by atoms with Gasteiger partial charge in [-0.25, -0.2) is 9.97 Å². The molecule has 0 atom stereocenters. The van der Waals surface area contributed by atoms with Crippen LogP contribution in [0.5, 0.6) is 0 Å². The summed E-state index contributed by atoms with van der Waals surface area (Å²) in [5.41, 5.74) is 1.22. The van der Waals surface area contributed by atoms with Crippen LogP contribution >= 0.6 is 15.9 Å². The normalized spacial score (nSPS) is 20.4. The SMILES string of the molecule is CNc1nc(C2CC2)nc(C2CC2)c1Br. The van der Waals surface area contributed by atoms with Crippen LogP contribution in [0.15, 0.2) is 4.47 Å². The van der Waals surface area contributed by atoms with E-state index in [4.69, 9.17) is 4.98 Å². The standard InChI is InChI=1S/C11H14BrN3/c1-13-11-8(12)9(6-2-3-6)14-10(15-11)7-4-5-7/h6-7H,2-5H2,1H3,(H,13,14,15). The molecule has 1 aromatic heterocycles. The van der Waals surface area contributed by atoms with Crippen molar-refractivity contribution in [2.75, 3.05) is 12.4 Å². The Kier molecular flexibility index (Phi) is 2.20. The third kappa shape index (κ3) is 1.75. The molecule has 0 bridgehead atoms. The number of hydrogen-bond donors (Lipinski definition) is 1. The van der Waals surface area contributed by atoms with Crippen LogP contribution in [0.3, 0.4) is 0 Å². The maximum atomic E-state index is 4.71. The van der Waals surface area contributed by atoms with Crippen molar-refractivity contribution in [3.05, 3.63) is 16.0 Å². The molecule has 3 nitrogen and oxygen atoms in total. The summed E-state index contributed by atoms with van der Waals surface area (Å²) >= 11 is 3.60. The van der Waals surface area contributed by atoms with Gasteiger partial charge in [0.15, 0.2) is 0 Å². The fourth-order valence-corrected chi connectivity index (χ4v) is 2.50. The summed E-state index contributed by atoms with van der Waals surface area (Å²) in [6, 6.07) is 0. The van der Waals surface area contributed by atoms with Crippen molar-refractivity contribution in [3.8, 4) is 0 Å². The minimum atomic E-state index is 0.627. The average molecular weight is 268 g/mol. The van der Waals surface area contributed by atoms with Crippen molar-refractivity contribution in [1.82, 2.24) is 9.97 Å². The van der Waals surface area contributed by atoms with Crippen LogP contribution < -0.4 is 5.32 Å². The maximum Gasteiger partial charge on any atom is 0.144 e. The van der Waals surface area contributed by atoms with E-state index in [2.05, 4.69) is 26.2 Å². The van der Waals surface area contributed by atoms with Crippen molar-refractivity contribution in [3.63, 3.8) is 0 Å². The molecule has 15 heavy (non-hydrogen) atoms. The summed E-state index contributed by atoms with van der Waals surface area (Å²) in [6.45, 7) is 0. The van der Waals surface area contributed by atoms with Crippen molar-refractivity contribution in [2.24, 2.45) is 0 Å². The van der Waals surface area contributed by atoms with Gasteiger partial charge in [0.1, 0.15) is 11.6 Å². The van der Waals surface area contributed by atoms with Crippen molar-refractivity contribution in [2.45, 2.75) is 37.5 Å². The molecule has 0 radical (unpaired) electrons. The summed E-state index contributed by atoms with van der Waals surface area (Å²) in [5.74, 6) is 3.30. The summed E-state index contributed by atoms with van der Waals surface area (Å²) in [4.78, 5) is 9.26. The molecule has 0 amide bonds. The van der Waals surface area contributed by atoms with Gasteiger partial charge in [-0.2, -0.15) is 0 Å². The third-order valence-electron chi connectivity index (χ3n) is 3.04. The largest absolute Gasteiger partial charge is 0.372 e. The summed E-state index contributed by atoms with van der Waals surface area (Å²) in [5, 5.41) is 3.14. The van der Waals surface area contributed by atoms with Crippen molar-refractivity contribution >= 4 is 21.7 Å². The molecule has 3 rings (SSSR count). The molecule has 0 aromatic carbocycles. The molecule has 0 saturated heterocycles. The predicted molar refractivity (Wildman–Crippen MR) is 63.2 cm³/mol. The van der Waals surface area contributed by atoms with Crippen LogP contribution in [0.25, 0.3) is 0 Å². The van der Waals surface area contributed by atoms with Crippen molar-refractivity contribution < 1.29 is 0 Å². The first-order valence-electron chi connectivity index (χ1n) is 5.54. The highest BCUT2D eigenvalue weighted by Gasteiger charge is 2.33. The van der Waals surface area contributed by atoms with Crippen LogP contribution in [-0.4, -0.2) is 17.0 Å². The molecule has 0 aliphatic heterocycles. The Morgan fingerprint density at radius 1 is 1.13 bits per heavy atom. The second-order valence-electron chi connectivity index (χ2n) is 4.43. The second-order valence-corrected chi connectivity index (χ2v) is 5.22. The van der Waals surface area contributed by atoms with Gasteiger partial charge in [-0.1, -0.05) is 0 Å². The van der Waals surface area contributed by atoms with Gasteiger partial charge in [0.2, 0.25) is 0 Å². The van der Waals surface area contributed by atoms with Gasteiger partial charge in [-0.05, 0) is 41.6 Å². The van der Waals surface area contributed by atoms with Gasteiger partial charge in [-0.3, -0.25) is 0 Å². The highest BCUT2D eigenvalue weighted by atomic mass is 79.9. The topological polar surface area (TPSA) is 37.8 Å². The third-order valence-corrected chi connectivity index (χ3v) is 3.82. The lowest BCUT2D eigenvalue weighted by atomic mass is 10.2. The Bertz CT molecular complexity index is 397. The van der Waals surface area contributed by atoms with Crippen LogP contribution in [0.4, 0.5) is 5.82 Å². The Morgan fingerprint density at radius 3 is 2.33 bits per heavy atom. The molecule has 2 aliphatic rings. The monoisotopic (exact) mass is 267 g/mol. The molecule has 4 heteroatoms. The average Bonchev–Trinajstić information content (AvgIpc) is 3.09. The summed E-state index contributed by atoms with van der Waals surface area (Å²) in [6.07, 6.45) is 5.08. The summed E-state index contributed by atoms with van der Waals surface area (Å²) in [7, 11) is 1.92. The van der Waals surface area contributed by atoms with E-state index in [9.17, 15) is 0 Å². The van der Waals surface area contributed by atoms with E-state index in [-0.39, 0.29) is 0 Å². The molecule has 2 saturated carbocycles. The fraction of sp³-hybridized carbons (Fsp3) is 0.636. The Morgan fingerprint density at radius 2 is 1.80 bits per heavy atom. The minimum absolute atomic E-state index is 0.627. The first-order valence-corrected chi connectivity index (χ1v) is 6.34. The lowest BCUT2D eigenvalue weighted by Crippen LogP contribution is -2.04. The minimum Gasteiger partial charge on any atom is -0.372 e. The van der Waals surface area contributed by atoms with Crippen LogP contribution in [0, 0.1) is 0 Å². The lowest BCUT2D eigenvalue weighted by Gasteiger charge is -2.09. The lowest BCUT2D eigenvalue weighted by molar-refractivity contribution is 0.867. The van der Waals surface area contributed by atoms with E-state index in [0.29, 0.717) is 11.8 Å². The molecule has 80 valence electrons. The molecule has 1 aromatic rings. The first kappa shape index (κ1) is 9.58. The molecule has 1 heterocycles. The van der Waals surface area contributed by atoms with E-state index >= 15 is 0 Å². The van der Waals surface area contributed by atoms with Gasteiger partial charge in [0, 0.05) is 18.9 Å². The zero-order chi connectivity index (χ0) is 10.4. The quantitative estimate of drug-likeness (QED) is 0.915. The molecule has 2 fully saturated rings. The van der Waals surface area contributed by atoms with E-state index in [0.717, 1.165) is 16.1 Å². The Hall–Kier alpha value is -0.640. The number of hydrogen-bond acceptors (Lipinski definition) is 3. The highest BCUT2D eigenvalue weighted by molar-refractivity contribution is 9.10. The Balaban J connectivity index is 2.06. The van der Waals surface area contributed by atoms with Gasteiger partial charge in [0.05, 0.1) is 10.2 Å². The smallest absolute Gasteiger partial charge is 0.144 e. The van der Waals surface area contributed by atoms with Gasteiger partial charge in [-0.15, -0.1) is 0 Å². The molecule has 1 N–H and O–H groups in total. The molecule has 0 spiro atoms. The fourth-order valence-electron chi connectivity index (χ4n) is 1.80. The zero-order valence-corrected chi connectivity index (χ0v) is 10.3. The van der Waals surface area contributed by atoms with Gasteiger partial charge < -0.3 is 5.32 Å². The predicted octanol–water partition coefficient (Wildman–Crippen LogP) is 3.04. The second kappa shape index (κ2) is 3.44. The van der Waals surface area contributed by atoms with Gasteiger partial charge in [0.25, 0.3) is 0 Å². The number of anilines is 1. The number of nitrogens with zero attached hydrogens (tertiary/aromatic N) is 2. The van der Waals surface area contributed by atoms with E-state index in [1.54, 1.807) is 0 Å². The van der Waals surface area contributed by atoms with Gasteiger partial charge >= 0.3 is 0 Å². The zero-order valence-electron chi connectivity index (χ0n) is 8.76. The Labute approximate surface area is 97.8 Å².